The number of rotatable bonds is 2. The van der Waals surface area contributed by atoms with Crippen molar-refractivity contribution in [3.8, 4) is 0 Å². The van der Waals surface area contributed by atoms with Crippen LogP contribution in [-0.2, 0) is 0 Å². The van der Waals surface area contributed by atoms with Crippen molar-refractivity contribution >= 4 is 0 Å². The van der Waals surface area contributed by atoms with Gasteiger partial charge in [-0.1, -0.05) is 6.07 Å². The molecular formula is C8H9F3N2. The molecule has 0 unspecified atom stereocenters. The van der Waals surface area contributed by atoms with Gasteiger partial charge in [0.25, 0.3) is 0 Å². The van der Waals surface area contributed by atoms with E-state index in [2.05, 4.69) is 4.98 Å². The summed E-state index contributed by atoms with van der Waals surface area (Å²) in [5, 5.41) is 0. The Hall–Kier alpha value is -1.10. The molecule has 72 valence electrons. The minimum Gasteiger partial charge on any atom is -0.322 e. The normalized spacial score (nSPS) is 14.2. The van der Waals surface area contributed by atoms with Crippen LogP contribution in [0.3, 0.4) is 0 Å². The van der Waals surface area contributed by atoms with E-state index >= 15 is 0 Å². The van der Waals surface area contributed by atoms with Crippen LogP contribution in [-0.4, -0.2) is 11.2 Å². The molecule has 0 fully saturated rings. The Balaban J connectivity index is 2.64. The Morgan fingerprint density at radius 3 is 2.54 bits per heavy atom. The monoisotopic (exact) mass is 190 g/mol. The van der Waals surface area contributed by atoms with Crippen molar-refractivity contribution in [3.05, 3.63) is 30.1 Å². The van der Waals surface area contributed by atoms with E-state index in [-0.39, 0.29) is 5.69 Å². The molecule has 0 aliphatic rings. The fraction of sp³-hybridized carbons (Fsp3) is 0.375. The van der Waals surface area contributed by atoms with Crippen LogP contribution in [0.25, 0.3) is 0 Å². The molecule has 13 heavy (non-hydrogen) atoms. The van der Waals surface area contributed by atoms with Gasteiger partial charge in [-0.2, -0.15) is 13.2 Å². The first-order valence-electron chi connectivity index (χ1n) is 3.72. The minimum atomic E-state index is -4.24. The summed E-state index contributed by atoms with van der Waals surface area (Å²) in [6, 6.07) is 3.65. The Kier molecular flexibility index (Phi) is 2.87. The van der Waals surface area contributed by atoms with E-state index in [0.29, 0.717) is 0 Å². The highest BCUT2D eigenvalue weighted by Gasteiger charge is 2.31. The molecule has 1 heterocycles. The van der Waals surface area contributed by atoms with Gasteiger partial charge in [0.2, 0.25) is 0 Å². The molecule has 0 saturated carbocycles. The molecule has 1 atom stereocenters. The molecule has 1 rings (SSSR count). The van der Waals surface area contributed by atoms with Crippen molar-refractivity contribution in [3.63, 3.8) is 0 Å². The molecule has 0 aliphatic carbocycles. The van der Waals surface area contributed by atoms with E-state index in [4.69, 9.17) is 5.73 Å². The van der Waals surface area contributed by atoms with Crippen molar-refractivity contribution < 1.29 is 13.2 Å². The van der Waals surface area contributed by atoms with Crippen molar-refractivity contribution in [2.24, 2.45) is 5.73 Å². The lowest BCUT2D eigenvalue weighted by molar-refractivity contribution is -0.138. The zero-order valence-corrected chi connectivity index (χ0v) is 6.75. The second kappa shape index (κ2) is 3.74. The van der Waals surface area contributed by atoms with E-state index in [1.54, 1.807) is 12.1 Å². The SMILES string of the molecule is N[C@H](CC(F)(F)F)c1ccccn1. The molecule has 0 bridgehead atoms. The van der Waals surface area contributed by atoms with Gasteiger partial charge in [0.15, 0.2) is 0 Å². The number of alkyl halides is 3. The Morgan fingerprint density at radius 2 is 2.08 bits per heavy atom. The van der Waals surface area contributed by atoms with E-state index in [1.807, 2.05) is 0 Å². The number of hydrogen-bond acceptors (Lipinski definition) is 2. The van der Waals surface area contributed by atoms with Crippen LogP contribution in [0, 0.1) is 0 Å². The highest BCUT2D eigenvalue weighted by molar-refractivity contribution is 5.08. The maximum Gasteiger partial charge on any atom is 0.390 e. The average molecular weight is 190 g/mol. The van der Waals surface area contributed by atoms with Gasteiger partial charge in [-0.05, 0) is 12.1 Å². The molecule has 2 N–H and O–H groups in total. The molecule has 0 aromatic carbocycles. The van der Waals surface area contributed by atoms with E-state index in [1.165, 1.54) is 12.3 Å². The second-order valence-electron chi connectivity index (χ2n) is 2.68. The van der Waals surface area contributed by atoms with E-state index in [0.717, 1.165) is 0 Å². The van der Waals surface area contributed by atoms with Gasteiger partial charge in [-0.15, -0.1) is 0 Å². The third-order valence-electron chi connectivity index (χ3n) is 1.52. The summed E-state index contributed by atoms with van der Waals surface area (Å²) in [5.41, 5.74) is 5.56. The molecule has 0 amide bonds. The van der Waals surface area contributed by atoms with Gasteiger partial charge in [-0.25, -0.2) is 0 Å². The van der Waals surface area contributed by atoms with Crippen molar-refractivity contribution in [1.29, 1.82) is 0 Å². The lowest BCUT2D eigenvalue weighted by Gasteiger charge is -2.12. The summed E-state index contributed by atoms with van der Waals surface area (Å²) in [7, 11) is 0. The fourth-order valence-electron chi connectivity index (χ4n) is 0.949. The van der Waals surface area contributed by atoms with Crippen molar-refractivity contribution in [1.82, 2.24) is 4.98 Å². The van der Waals surface area contributed by atoms with Gasteiger partial charge in [0.1, 0.15) is 0 Å². The van der Waals surface area contributed by atoms with Crippen LogP contribution in [0.1, 0.15) is 18.2 Å². The van der Waals surface area contributed by atoms with Crippen LogP contribution in [0.5, 0.6) is 0 Å². The Bertz CT molecular complexity index is 258. The number of halogens is 3. The first-order valence-corrected chi connectivity index (χ1v) is 3.72. The predicted molar refractivity (Wildman–Crippen MR) is 41.8 cm³/mol. The van der Waals surface area contributed by atoms with Crippen LogP contribution < -0.4 is 5.73 Å². The van der Waals surface area contributed by atoms with E-state index < -0.39 is 18.6 Å². The highest BCUT2D eigenvalue weighted by Crippen LogP contribution is 2.26. The quantitative estimate of drug-likeness (QED) is 0.774. The van der Waals surface area contributed by atoms with Gasteiger partial charge in [-0.3, -0.25) is 4.98 Å². The largest absolute Gasteiger partial charge is 0.390 e. The number of aromatic nitrogens is 1. The molecule has 0 saturated heterocycles. The summed E-state index contributed by atoms with van der Waals surface area (Å²) < 4.78 is 35.7. The van der Waals surface area contributed by atoms with E-state index in [9.17, 15) is 13.2 Å². The molecule has 0 radical (unpaired) electrons. The first kappa shape index (κ1) is 9.98. The molecule has 2 nitrogen and oxygen atoms in total. The van der Waals surface area contributed by atoms with Gasteiger partial charge in [0.05, 0.1) is 18.2 Å². The summed E-state index contributed by atoms with van der Waals surface area (Å²) in [6.07, 6.45) is -3.85. The number of nitrogens with zero attached hydrogens (tertiary/aromatic N) is 1. The van der Waals surface area contributed by atoms with Crippen molar-refractivity contribution in [2.45, 2.75) is 18.6 Å². The zero-order chi connectivity index (χ0) is 9.90. The molecule has 5 heteroatoms. The van der Waals surface area contributed by atoms with Gasteiger partial charge in [0, 0.05) is 6.20 Å². The number of nitrogens with two attached hydrogens (primary N) is 1. The number of pyridine rings is 1. The summed E-state index contributed by atoms with van der Waals surface area (Å²) in [5.74, 6) is 0. The molecular weight excluding hydrogens is 181 g/mol. The third kappa shape index (κ3) is 3.42. The van der Waals surface area contributed by atoms with Gasteiger partial charge >= 0.3 is 6.18 Å². The average Bonchev–Trinajstić information content (AvgIpc) is 2.03. The maximum atomic E-state index is 11.9. The lowest BCUT2D eigenvalue weighted by Crippen LogP contribution is -2.20. The molecule has 1 aromatic rings. The van der Waals surface area contributed by atoms with Crippen LogP contribution in [0.4, 0.5) is 13.2 Å². The summed E-state index contributed by atoms with van der Waals surface area (Å²) in [4.78, 5) is 3.74. The van der Waals surface area contributed by atoms with Crippen molar-refractivity contribution in [2.75, 3.05) is 0 Å². The first-order chi connectivity index (χ1) is 5.99. The Morgan fingerprint density at radius 1 is 1.38 bits per heavy atom. The zero-order valence-electron chi connectivity index (χ0n) is 6.75. The lowest BCUT2D eigenvalue weighted by atomic mass is 10.1. The second-order valence-corrected chi connectivity index (χ2v) is 2.68. The number of hydrogen-bond donors (Lipinski definition) is 1. The molecule has 0 spiro atoms. The standard InChI is InChI=1S/C8H9F3N2/c9-8(10,11)5-6(12)7-3-1-2-4-13-7/h1-4,6H,5,12H2/t6-/m1/s1. The predicted octanol–water partition coefficient (Wildman–Crippen LogP) is 2.03. The highest BCUT2D eigenvalue weighted by atomic mass is 19.4. The van der Waals surface area contributed by atoms with Crippen LogP contribution >= 0.6 is 0 Å². The maximum absolute atomic E-state index is 11.9. The summed E-state index contributed by atoms with van der Waals surface area (Å²) >= 11 is 0. The van der Waals surface area contributed by atoms with Gasteiger partial charge < -0.3 is 5.73 Å². The smallest absolute Gasteiger partial charge is 0.322 e. The summed E-state index contributed by atoms with van der Waals surface area (Å²) in [6.45, 7) is 0. The molecule has 1 aromatic heterocycles. The van der Waals surface area contributed by atoms with Crippen LogP contribution in [0.2, 0.25) is 0 Å². The van der Waals surface area contributed by atoms with Crippen LogP contribution in [0.15, 0.2) is 24.4 Å². The molecule has 0 aliphatic heterocycles. The minimum absolute atomic E-state index is 0.264. The topological polar surface area (TPSA) is 38.9 Å². The third-order valence-corrected chi connectivity index (χ3v) is 1.52. The Labute approximate surface area is 73.6 Å². The fourth-order valence-corrected chi connectivity index (χ4v) is 0.949.